The third-order valence-electron chi connectivity index (χ3n) is 1.55. The van der Waals surface area contributed by atoms with E-state index in [0.717, 1.165) is 29.2 Å². The normalized spacial score (nSPS) is 10.2. The fourth-order valence-corrected chi connectivity index (χ4v) is 1.17. The molecule has 0 saturated heterocycles. The van der Waals surface area contributed by atoms with Crippen molar-refractivity contribution in [2.24, 2.45) is 0 Å². The Kier molecular flexibility index (Phi) is 3.13. The van der Waals surface area contributed by atoms with Crippen LogP contribution in [0.3, 0.4) is 0 Å². The maximum Gasteiger partial charge on any atom is 0.145 e. The van der Waals surface area contributed by atoms with Crippen LogP contribution in [0, 0.1) is 0 Å². The summed E-state index contributed by atoms with van der Waals surface area (Å²) in [5, 5.41) is 0. The average Bonchev–Trinajstić information content (AvgIpc) is 2.01. The van der Waals surface area contributed by atoms with Gasteiger partial charge >= 0.3 is 0 Å². The Bertz CT molecular complexity index is 227. The van der Waals surface area contributed by atoms with Crippen LogP contribution < -0.4 is 5.73 Å². The Morgan fingerprint density at radius 1 is 1.45 bits per heavy atom. The molecule has 0 amide bonds. The molecule has 2 nitrogen and oxygen atoms in total. The van der Waals surface area contributed by atoms with E-state index >= 15 is 0 Å². The van der Waals surface area contributed by atoms with Gasteiger partial charge in [0.2, 0.25) is 0 Å². The Labute approximate surface area is 69.9 Å². The SMILES string of the molecule is Nc1cccc(CCO[SiH3])c1. The molecule has 2 N–H and O–H groups in total. The molecule has 0 aliphatic heterocycles. The largest absolute Gasteiger partial charge is 0.428 e. The highest BCUT2D eigenvalue weighted by Gasteiger charge is 1.91. The number of nitrogen functional groups attached to an aromatic ring is 1. The van der Waals surface area contributed by atoms with Crippen molar-refractivity contribution in [3.63, 3.8) is 0 Å². The first-order chi connectivity index (χ1) is 5.33. The van der Waals surface area contributed by atoms with E-state index in [2.05, 4.69) is 6.07 Å². The van der Waals surface area contributed by atoms with Crippen LogP contribution in [-0.2, 0) is 10.8 Å². The van der Waals surface area contributed by atoms with E-state index in [1.807, 2.05) is 18.2 Å². The fourth-order valence-electron chi connectivity index (χ4n) is 0.969. The predicted molar refractivity (Wildman–Crippen MR) is 50.4 cm³/mol. The van der Waals surface area contributed by atoms with E-state index in [4.69, 9.17) is 10.2 Å². The van der Waals surface area contributed by atoms with Gasteiger partial charge in [-0.2, -0.15) is 0 Å². The van der Waals surface area contributed by atoms with Gasteiger partial charge in [-0.05, 0) is 24.1 Å². The third kappa shape index (κ3) is 2.74. The molecule has 0 aromatic heterocycles. The highest BCUT2D eigenvalue weighted by Crippen LogP contribution is 2.06. The molecule has 0 spiro atoms. The number of hydrogen-bond acceptors (Lipinski definition) is 2. The summed E-state index contributed by atoms with van der Waals surface area (Å²) in [5.41, 5.74) is 7.68. The van der Waals surface area contributed by atoms with Crippen LogP contribution in [0.2, 0.25) is 0 Å². The number of anilines is 1. The molecule has 0 fully saturated rings. The van der Waals surface area contributed by atoms with Gasteiger partial charge in [0.05, 0.1) is 0 Å². The van der Waals surface area contributed by atoms with Gasteiger partial charge in [-0.1, -0.05) is 12.1 Å². The second-order valence-corrected chi connectivity index (χ2v) is 3.07. The number of nitrogens with two attached hydrogens (primary N) is 1. The van der Waals surface area contributed by atoms with Crippen LogP contribution in [0.25, 0.3) is 0 Å². The standard InChI is InChI=1S/C8H13NOSi/c9-8-3-1-2-7(6-8)4-5-10-11/h1-3,6H,4-5,9H2,11H3. The van der Waals surface area contributed by atoms with Crippen molar-refractivity contribution in [3.05, 3.63) is 29.8 Å². The lowest BCUT2D eigenvalue weighted by Crippen LogP contribution is -1.96. The smallest absolute Gasteiger partial charge is 0.145 e. The molecular formula is C8H13NOSi. The quantitative estimate of drug-likeness (QED) is 0.512. The average molecular weight is 167 g/mol. The Morgan fingerprint density at radius 2 is 2.27 bits per heavy atom. The summed E-state index contributed by atoms with van der Waals surface area (Å²) in [6.07, 6.45) is 0.967. The van der Waals surface area contributed by atoms with Crippen molar-refractivity contribution in [1.29, 1.82) is 0 Å². The van der Waals surface area contributed by atoms with E-state index in [9.17, 15) is 0 Å². The lowest BCUT2D eigenvalue weighted by Gasteiger charge is -2.00. The fraction of sp³-hybridized carbons (Fsp3) is 0.250. The molecule has 1 rings (SSSR count). The number of rotatable bonds is 3. The van der Waals surface area contributed by atoms with Crippen LogP contribution in [0.15, 0.2) is 24.3 Å². The summed E-state index contributed by atoms with van der Waals surface area (Å²) in [7, 11) is 0.817. The zero-order valence-corrected chi connectivity index (χ0v) is 8.71. The van der Waals surface area contributed by atoms with Gasteiger partial charge in [0.25, 0.3) is 0 Å². The summed E-state index contributed by atoms with van der Waals surface area (Å²) < 4.78 is 5.08. The van der Waals surface area contributed by atoms with E-state index in [-0.39, 0.29) is 0 Å². The molecule has 0 atom stereocenters. The minimum absolute atomic E-state index is 0.815. The summed E-state index contributed by atoms with van der Waals surface area (Å²) in [6.45, 7) is 0.815. The Balaban J connectivity index is 2.56. The zero-order chi connectivity index (χ0) is 8.10. The van der Waals surface area contributed by atoms with Crippen LogP contribution in [0.5, 0.6) is 0 Å². The molecule has 0 bridgehead atoms. The summed E-state index contributed by atoms with van der Waals surface area (Å²) in [5.74, 6) is 0. The zero-order valence-electron chi connectivity index (χ0n) is 6.71. The minimum Gasteiger partial charge on any atom is -0.428 e. The first kappa shape index (κ1) is 8.29. The molecule has 0 aliphatic carbocycles. The van der Waals surface area contributed by atoms with Gasteiger partial charge in [0.15, 0.2) is 0 Å². The molecule has 11 heavy (non-hydrogen) atoms. The van der Waals surface area contributed by atoms with Crippen LogP contribution in [0.4, 0.5) is 5.69 Å². The summed E-state index contributed by atoms with van der Waals surface area (Å²) >= 11 is 0. The molecule has 0 radical (unpaired) electrons. The number of hydrogen-bond donors (Lipinski definition) is 1. The first-order valence-corrected chi connectivity index (χ1v) is 4.48. The maximum absolute atomic E-state index is 5.60. The number of benzene rings is 1. The van der Waals surface area contributed by atoms with Crippen molar-refractivity contribution in [2.75, 3.05) is 12.3 Å². The van der Waals surface area contributed by atoms with Gasteiger partial charge in [-0.3, -0.25) is 0 Å². The van der Waals surface area contributed by atoms with Crippen molar-refractivity contribution < 1.29 is 4.43 Å². The van der Waals surface area contributed by atoms with Crippen LogP contribution in [0.1, 0.15) is 5.56 Å². The van der Waals surface area contributed by atoms with Crippen LogP contribution in [-0.4, -0.2) is 17.1 Å². The lowest BCUT2D eigenvalue weighted by molar-refractivity contribution is 0.354. The highest BCUT2D eigenvalue weighted by atomic mass is 28.2. The topological polar surface area (TPSA) is 35.2 Å². The molecule has 1 aromatic rings. The summed E-state index contributed by atoms with van der Waals surface area (Å²) in [4.78, 5) is 0. The molecule has 0 heterocycles. The molecule has 0 unspecified atom stereocenters. The molecule has 0 saturated carbocycles. The second-order valence-electron chi connectivity index (χ2n) is 2.49. The van der Waals surface area contributed by atoms with Crippen molar-refractivity contribution in [2.45, 2.75) is 6.42 Å². The summed E-state index contributed by atoms with van der Waals surface area (Å²) in [6, 6.07) is 7.92. The van der Waals surface area contributed by atoms with Crippen molar-refractivity contribution in [3.8, 4) is 0 Å². The minimum atomic E-state index is 0.815. The van der Waals surface area contributed by atoms with Gasteiger partial charge in [-0.15, -0.1) is 0 Å². The first-order valence-electron chi connectivity index (χ1n) is 3.66. The van der Waals surface area contributed by atoms with E-state index < -0.39 is 0 Å². The van der Waals surface area contributed by atoms with Gasteiger partial charge in [0.1, 0.15) is 10.5 Å². The Hall–Kier alpha value is -0.803. The maximum atomic E-state index is 5.60. The highest BCUT2D eigenvalue weighted by molar-refractivity contribution is 5.97. The van der Waals surface area contributed by atoms with Crippen molar-refractivity contribution >= 4 is 16.2 Å². The van der Waals surface area contributed by atoms with Crippen molar-refractivity contribution in [1.82, 2.24) is 0 Å². The monoisotopic (exact) mass is 167 g/mol. The van der Waals surface area contributed by atoms with Gasteiger partial charge in [-0.25, -0.2) is 0 Å². The Morgan fingerprint density at radius 3 is 2.91 bits per heavy atom. The van der Waals surface area contributed by atoms with E-state index in [0.29, 0.717) is 0 Å². The lowest BCUT2D eigenvalue weighted by atomic mass is 10.1. The van der Waals surface area contributed by atoms with Gasteiger partial charge < -0.3 is 10.2 Å². The molecule has 60 valence electrons. The van der Waals surface area contributed by atoms with Gasteiger partial charge in [0, 0.05) is 12.3 Å². The third-order valence-corrected chi connectivity index (χ3v) is 1.95. The second kappa shape index (κ2) is 4.15. The van der Waals surface area contributed by atoms with E-state index in [1.54, 1.807) is 0 Å². The molecule has 0 aliphatic rings. The van der Waals surface area contributed by atoms with E-state index in [1.165, 1.54) is 5.56 Å². The van der Waals surface area contributed by atoms with Crippen LogP contribution >= 0.6 is 0 Å². The molecule has 1 aromatic carbocycles. The molecule has 3 heteroatoms. The predicted octanol–water partition coefficient (Wildman–Crippen LogP) is 0.108. The molecular weight excluding hydrogens is 154 g/mol.